The summed E-state index contributed by atoms with van der Waals surface area (Å²) in [6.07, 6.45) is 2.51. The number of hydrogen-bond donors (Lipinski definition) is 1. The lowest BCUT2D eigenvalue weighted by Gasteiger charge is -2.12. The van der Waals surface area contributed by atoms with Crippen LogP contribution in [-0.2, 0) is 4.79 Å². The van der Waals surface area contributed by atoms with Crippen LogP contribution in [-0.4, -0.2) is 16.3 Å². The van der Waals surface area contributed by atoms with E-state index >= 15 is 0 Å². The maximum absolute atomic E-state index is 11.4. The molecular formula is C11H15ClN2OS. The maximum Gasteiger partial charge on any atom is 0.238 e. The average Bonchev–Trinajstić information content (AvgIpc) is 2.96. The van der Waals surface area contributed by atoms with Crippen molar-refractivity contribution in [3.05, 3.63) is 16.1 Å². The summed E-state index contributed by atoms with van der Waals surface area (Å²) >= 11 is 7.38. The van der Waals surface area contributed by atoms with Crippen LogP contribution in [0.5, 0.6) is 0 Å². The highest BCUT2D eigenvalue weighted by Gasteiger charge is 2.27. The molecule has 2 rings (SSSR count). The van der Waals surface area contributed by atoms with Crippen LogP contribution in [0.3, 0.4) is 0 Å². The molecule has 1 aromatic heterocycles. The van der Waals surface area contributed by atoms with Gasteiger partial charge in [0.05, 0.1) is 16.7 Å². The highest BCUT2D eigenvalue weighted by Crippen LogP contribution is 2.41. The third-order valence-electron chi connectivity index (χ3n) is 2.63. The topological polar surface area (TPSA) is 42.0 Å². The summed E-state index contributed by atoms with van der Waals surface area (Å²) in [7, 11) is 0. The van der Waals surface area contributed by atoms with E-state index in [4.69, 9.17) is 11.6 Å². The lowest BCUT2D eigenvalue weighted by atomic mass is 10.2. The molecule has 0 saturated heterocycles. The second-order valence-corrected chi connectivity index (χ2v) is 5.78. The quantitative estimate of drug-likeness (QED) is 0.844. The number of halogens is 1. The molecule has 1 saturated carbocycles. The predicted octanol–water partition coefficient (Wildman–Crippen LogP) is 2.83. The van der Waals surface area contributed by atoms with Crippen molar-refractivity contribution in [3.63, 3.8) is 0 Å². The maximum atomic E-state index is 11.4. The average molecular weight is 259 g/mol. The number of carbonyl (C=O) groups is 1. The molecule has 0 aliphatic heterocycles. The summed E-state index contributed by atoms with van der Waals surface area (Å²) in [5.74, 6) is 0.531. The molecule has 1 aliphatic carbocycles. The van der Waals surface area contributed by atoms with Gasteiger partial charge in [0, 0.05) is 11.3 Å². The van der Waals surface area contributed by atoms with Crippen LogP contribution in [0.1, 0.15) is 49.4 Å². The fourth-order valence-corrected chi connectivity index (χ4v) is 2.57. The normalized spacial score (nSPS) is 19.2. The number of rotatable bonds is 4. The van der Waals surface area contributed by atoms with Crippen LogP contribution in [0.15, 0.2) is 5.38 Å². The number of hydrogen-bond acceptors (Lipinski definition) is 3. The van der Waals surface area contributed by atoms with Gasteiger partial charge >= 0.3 is 0 Å². The fraction of sp³-hybridized carbons (Fsp3) is 0.636. The Morgan fingerprint density at radius 1 is 1.62 bits per heavy atom. The van der Waals surface area contributed by atoms with Crippen molar-refractivity contribution in [3.8, 4) is 0 Å². The molecule has 1 aromatic rings. The molecule has 2 atom stereocenters. The van der Waals surface area contributed by atoms with Gasteiger partial charge < -0.3 is 5.32 Å². The fourth-order valence-electron chi connectivity index (χ4n) is 1.42. The zero-order chi connectivity index (χ0) is 11.7. The standard InChI is InChI=1S/C11H15ClN2OS/c1-6(12)10(15)13-7(2)9-5-16-11(14-9)8-3-4-8/h5-8H,3-4H2,1-2H3,(H,13,15). The molecule has 0 aromatic carbocycles. The molecule has 1 heterocycles. The second-order valence-electron chi connectivity index (χ2n) is 4.23. The van der Waals surface area contributed by atoms with Crippen LogP contribution in [0.2, 0.25) is 0 Å². The van der Waals surface area contributed by atoms with Gasteiger partial charge in [0.2, 0.25) is 5.91 Å². The Labute approximate surface area is 104 Å². The van der Waals surface area contributed by atoms with Gasteiger partial charge in [-0.2, -0.15) is 0 Å². The van der Waals surface area contributed by atoms with Gasteiger partial charge in [-0.05, 0) is 26.7 Å². The first-order chi connectivity index (χ1) is 7.58. The minimum atomic E-state index is -0.496. The number of aromatic nitrogens is 1. The van der Waals surface area contributed by atoms with Gasteiger partial charge in [-0.1, -0.05) is 0 Å². The first kappa shape index (κ1) is 11.9. The summed E-state index contributed by atoms with van der Waals surface area (Å²) in [6.45, 7) is 3.60. The van der Waals surface area contributed by atoms with E-state index in [-0.39, 0.29) is 11.9 Å². The molecule has 1 aliphatic rings. The van der Waals surface area contributed by atoms with E-state index in [9.17, 15) is 4.79 Å². The van der Waals surface area contributed by atoms with Crippen LogP contribution in [0, 0.1) is 0 Å². The van der Waals surface area contributed by atoms with Crippen molar-refractivity contribution in [1.29, 1.82) is 0 Å². The Kier molecular flexibility index (Phi) is 3.50. The molecule has 1 N–H and O–H groups in total. The van der Waals surface area contributed by atoms with E-state index < -0.39 is 5.38 Å². The number of carbonyl (C=O) groups excluding carboxylic acids is 1. The lowest BCUT2D eigenvalue weighted by molar-refractivity contribution is -0.121. The Hall–Kier alpha value is -0.610. The van der Waals surface area contributed by atoms with E-state index in [1.54, 1.807) is 18.3 Å². The first-order valence-corrected chi connectivity index (χ1v) is 6.79. The zero-order valence-corrected chi connectivity index (χ0v) is 10.9. The predicted molar refractivity (Wildman–Crippen MR) is 66.0 cm³/mol. The second kappa shape index (κ2) is 4.72. The van der Waals surface area contributed by atoms with E-state index in [2.05, 4.69) is 10.3 Å². The van der Waals surface area contributed by atoms with Crippen molar-refractivity contribution in [2.45, 2.75) is 44.0 Å². The van der Waals surface area contributed by atoms with E-state index in [1.807, 2.05) is 12.3 Å². The van der Waals surface area contributed by atoms with Crippen molar-refractivity contribution >= 4 is 28.8 Å². The van der Waals surface area contributed by atoms with Gasteiger partial charge in [-0.3, -0.25) is 4.79 Å². The van der Waals surface area contributed by atoms with Gasteiger partial charge in [0.1, 0.15) is 5.38 Å². The van der Waals surface area contributed by atoms with Gasteiger partial charge in [0.25, 0.3) is 0 Å². The zero-order valence-electron chi connectivity index (χ0n) is 9.37. The highest BCUT2D eigenvalue weighted by atomic mass is 35.5. The Morgan fingerprint density at radius 3 is 2.88 bits per heavy atom. The first-order valence-electron chi connectivity index (χ1n) is 5.47. The van der Waals surface area contributed by atoms with Crippen molar-refractivity contribution < 1.29 is 4.79 Å². The summed E-state index contributed by atoms with van der Waals surface area (Å²) in [6, 6.07) is -0.0579. The van der Waals surface area contributed by atoms with Gasteiger partial charge in [0.15, 0.2) is 0 Å². The molecule has 1 amide bonds. The summed E-state index contributed by atoms with van der Waals surface area (Å²) < 4.78 is 0. The molecule has 5 heteroatoms. The Morgan fingerprint density at radius 2 is 2.31 bits per heavy atom. The molecule has 2 unspecified atom stereocenters. The van der Waals surface area contributed by atoms with Crippen LogP contribution in [0.4, 0.5) is 0 Å². The molecule has 1 fully saturated rings. The monoisotopic (exact) mass is 258 g/mol. The van der Waals surface area contributed by atoms with E-state index in [0.29, 0.717) is 5.92 Å². The van der Waals surface area contributed by atoms with Gasteiger partial charge in [-0.15, -0.1) is 22.9 Å². The van der Waals surface area contributed by atoms with E-state index in [0.717, 1.165) is 5.69 Å². The summed E-state index contributed by atoms with van der Waals surface area (Å²) in [5.41, 5.74) is 0.942. The molecule has 16 heavy (non-hydrogen) atoms. The minimum absolute atomic E-state index is 0.0579. The number of amides is 1. The SMILES string of the molecule is CC(Cl)C(=O)NC(C)c1csc(C2CC2)n1. The third kappa shape index (κ3) is 2.74. The number of nitrogens with zero attached hydrogens (tertiary/aromatic N) is 1. The molecule has 0 radical (unpaired) electrons. The lowest BCUT2D eigenvalue weighted by Crippen LogP contribution is -2.32. The number of nitrogens with one attached hydrogen (secondary N) is 1. The Balaban J connectivity index is 1.97. The van der Waals surface area contributed by atoms with Crippen molar-refractivity contribution in [1.82, 2.24) is 10.3 Å². The Bertz CT molecular complexity index is 387. The van der Waals surface area contributed by atoms with Crippen molar-refractivity contribution in [2.24, 2.45) is 0 Å². The van der Waals surface area contributed by atoms with E-state index in [1.165, 1.54) is 17.8 Å². The summed E-state index contributed by atoms with van der Waals surface area (Å²) in [4.78, 5) is 16.0. The van der Waals surface area contributed by atoms with Gasteiger partial charge in [-0.25, -0.2) is 4.98 Å². The smallest absolute Gasteiger partial charge is 0.238 e. The number of alkyl halides is 1. The molecule has 0 spiro atoms. The molecular weight excluding hydrogens is 244 g/mol. The van der Waals surface area contributed by atoms with Crippen molar-refractivity contribution in [2.75, 3.05) is 0 Å². The third-order valence-corrected chi connectivity index (χ3v) is 3.85. The minimum Gasteiger partial charge on any atom is -0.347 e. The summed E-state index contributed by atoms with van der Waals surface area (Å²) in [5, 5.41) is 5.57. The number of thiazole rings is 1. The highest BCUT2D eigenvalue weighted by molar-refractivity contribution is 7.09. The molecule has 0 bridgehead atoms. The molecule has 3 nitrogen and oxygen atoms in total. The van der Waals surface area contributed by atoms with Crippen LogP contribution >= 0.6 is 22.9 Å². The van der Waals surface area contributed by atoms with Crippen LogP contribution < -0.4 is 5.32 Å². The van der Waals surface area contributed by atoms with Crippen LogP contribution in [0.25, 0.3) is 0 Å². The largest absolute Gasteiger partial charge is 0.347 e. The molecule has 88 valence electrons.